The molecule has 0 saturated heterocycles. The highest BCUT2D eigenvalue weighted by Gasteiger charge is 2.17. The summed E-state index contributed by atoms with van der Waals surface area (Å²) in [6.45, 7) is 1.77. The molecule has 0 amide bonds. The molecule has 130 valence electrons. The zero-order chi connectivity index (χ0) is 18.5. The second-order valence-corrected chi connectivity index (χ2v) is 5.96. The van der Waals surface area contributed by atoms with E-state index >= 15 is 0 Å². The molecule has 0 aliphatic carbocycles. The minimum absolute atomic E-state index is 0.134. The van der Waals surface area contributed by atoms with Crippen molar-refractivity contribution in [3.63, 3.8) is 0 Å². The first-order valence-electron chi connectivity index (χ1n) is 8.25. The van der Waals surface area contributed by atoms with E-state index in [1.807, 2.05) is 72.8 Å². The number of nitro groups is 1. The maximum absolute atomic E-state index is 11.5. The summed E-state index contributed by atoms with van der Waals surface area (Å²) in [5.74, 6) is 0.775. The van der Waals surface area contributed by atoms with E-state index in [2.05, 4.69) is 0 Å². The third-order valence-corrected chi connectivity index (χ3v) is 4.19. The van der Waals surface area contributed by atoms with Crippen molar-refractivity contribution in [3.05, 3.63) is 93.5 Å². The number of nitrogens with zero attached hydrogens (tertiary/aromatic N) is 1. The fourth-order valence-electron chi connectivity index (χ4n) is 2.88. The minimum atomic E-state index is -0.322. The Morgan fingerprint density at radius 1 is 0.923 bits per heavy atom. The van der Waals surface area contributed by atoms with Gasteiger partial charge in [0.25, 0.3) is 5.69 Å². The topological polar surface area (TPSA) is 52.4 Å². The monoisotopic (exact) mass is 345 g/mol. The van der Waals surface area contributed by atoms with Gasteiger partial charge < -0.3 is 4.74 Å². The van der Waals surface area contributed by atoms with Crippen LogP contribution in [0.3, 0.4) is 0 Å². The second-order valence-electron chi connectivity index (χ2n) is 5.96. The summed E-state index contributed by atoms with van der Waals surface area (Å²) in [5.41, 5.74) is 4.27. The van der Waals surface area contributed by atoms with Crippen LogP contribution in [-0.4, -0.2) is 12.0 Å². The minimum Gasteiger partial charge on any atom is -0.497 e. The molecule has 0 aromatic heterocycles. The maximum atomic E-state index is 11.5. The normalized spacial score (nSPS) is 10.8. The molecular weight excluding hydrogens is 326 g/mol. The molecule has 0 atom stereocenters. The number of hydrogen-bond acceptors (Lipinski definition) is 3. The molecule has 0 aliphatic heterocycles. The standard InChI is InChI=1S/C22H19NO3/c1-16-14-20(18-10-12-21(26-2)13-11-18)15-19(22(16)23(24)25)9-8-17-6-4-3-5-7-17/h3-15H,1-2H3/b9-8+. The van der Waals surface area contributed by atoms with Crippen LogP contribution in [0.15, 0.2) is 66.7 Å². The molecule has 3 aromatic carbocycles. The van der Waals surface area contributed by atoms with Crippen molar-refractivity contribution in [2.24, 2.45) is 0 Å². The molecular formula is C22H19NO3. The lowest BCUT2D eigenvalue weighted by Gasteiger charge is -2.08. The van der Waals surface area contributed by atoms with E-state index in [9.17, 15) is 10.1 Å². The van der Waals surface area contributed by atoms with E-state index in [0.717, 1.165) is 22.4 Å². The van der Waals surface area contributed by atoms with Crippen molar-refractivity contribution in [2.75, 3.05) is 7.11 Å². The van der Waals surface area contributed by atoms with Gasteiger partial charge in [0.05, 0.1) is 17.6 Å². The van der Waals surface area contributed by atoms with E-state index in [-0.39, 0.29) is 10.6 Å². The molecule has 26 heavy (non-hydrogen) atoms. The molecule has 3 aromatic rings. The van der Waals surface area contributed by atoms with E-state index in [1.54, 1.807) is 20.1 Å². The number of hydrogen-bond donors (Lipinski definition) is 0. The summed E-state index contributed by atoms with van der Waals surface area (Å²) in [6, 6.07) is 21.1. The fraction of sp³-hybridized carbons (Fsp3) is 0.0909. The van der Waals surface area contributed by atoms with Crippen LogP contribution in [0.1, 0.15) is 16.7 Å². The van der Waals surface area contributed by atoms with Crippen LogP contribution in [0.4, 0.5) is 5.69 Å². The first kappa shape index (κ1) is 17.4. The number of ether oxygens (including phenoxy) is 1. The molecule has 0 heterocycles. The maximum Gasteiger partial charge on any atom is 0.279 e. The Morgan fingerprint density at radius 3 is 2.23 bits per heavy atom. The molecule has 0 spiro atoms. The van der Waals surface area contributed by atoms with Gasteiger partial charge in [-0.15, -0.1) is 0 Å². The molecule has 0 aliphatic rings. The number of aryl methyl sites for hydroxylation is 1. The zero-order valence-electron chi connectivity index (χ0n) is 14.7. The van der Waals surface area contributed by atoms with Gasteiger partial charge in [-0.05, 0) is 54.0 Å². The van der Waals surface area contributed by atoms with Crippen LogP contribution in [-0.2, 0) is 0 Å². The highest BCUT2D eigenvalue weighted by atomic mass is 16.6. The molecule has 0 saturated carbocycles. The summed E-state index contributed by atoms with van der Waals surface area (Å²) < 4.78 is 5.19. The Morgan fingerprint density at radius 2 is 1.62 bits per heavy atom. The Balaban J connectivity index is 2.06. The molecule has 0 bridgehead atoms. The SMILES string of the molecule is COc1ccc(-c2cc(C)c([N+](=O)[O-])c(/C=C/c3ccccc3)c2)cc1. The lowest BCUT2D eigenvalue weighted by Crippen LogP contribution is -1.96. The van der Waals surface area contributed by atoms with Crippen LogP contribution in [0.25, 0.3) is 23.3 Å². The zero-order valence-corrected chi connectivity index (χ0v) is 14.7. The summed E-state index contributed by atoms with van der Waals surface area (Å²) in [7, 11) is 1.62. The van der Waals surface area contributed by atoms with Gasteiger partial charge in [0.2, 0.25) is 0 Å². The highest BCUT2D eigenvalue weighted by Crippen LogP contribution is 2.32. The lowest BCUT2D eigenvalue weighted by molar-refractivity contribution is -0.385. The summed E-state index contributed by atoms with van der Waals surface area (Å²) >= 11 is 0. The van der Waals surface area contributed by atoms with Crippen LogP contribution in [0.5, 0.6) is 5.75 Å². The molecule has 0 N–H and O–H groups in total. The van der Waals surface area contributed by atoms with Crippen LogP contribution in [0.2, 0.25) is 0 Å². The number of benzene rings is 3. The molecule has 3 rings (SSSR count). The van der Waals surface area contributed by atoms with E-state index < -0.39 is 0 Å². The molecule has 4 heteroatoms. The summed E-state index contributed by atoms with van der Waals surface area (Å²) in [5, 5.41) is 11.5. The van der Waals surface area contributed by atoms with Gasteiger partial charge in [-0.25, -0.2) is 0 Å². The molecule has 4 nitrogen and oxygen atoms in total. The first-order chi connectivity index (χ1) is 12.6. The first-order valence-corrected chi connectivity index (χ1v) is 8.25. The third kappa shape index (κ3) is 3.81. The van der Waals surface area contributed by atoms with E-state index in [4.69, 9.17) is 4.74 Å². The van der Waals surface area contributed by atoms with Crippen LogP contribution >= 0.6 is 0 Å². The lowest BCUT2D eigenvalue weighted by atomic mass is 9.97. The summed E-state index contributed by atoms with van der Waals surface area (Å²) in [6.07, 6.45) is 3.69. The molecule has 0 unspecified atom stereocenters. The van der Waals surface area contributed by atoms with Crippen molar-refractivity contribution in [3.8, 4) is 16.9 Å². The van der Waals surface area contributed by atoms with Crippen LogP contribution in [0, 0.1) is 17.0 Å². The van der Waals surface area contributed by atoms with Crippen molar-refractivity contribution in [1.29, 1.82) is 0 Å². The Bertz CT molecular complexity index is 945. The highest BCUT2D eigenvalue weighted by molar-refractivity contribution is 5.80. The Labute approximate surface area is 152 Å². The summed E-state index contributed by atoms with van der Waals surface area (Å²) in [4.78, 5) is 11.2. The predicted octanol–water partition coefficient (Wildman–Crippen LogP) is 5.75. The van der Waals surface area contributed by atoms with Gasteiger partial charge in [0, 0.05) is 5.56 Å². The Hall–Kier alpha value is -3.40. The average Bonchev–Trinajstić information content (AvgIpc) is 2.66. The number of methoxy groups -OCH3 is 1. The number of nitro benzene ring substituents is 1. The average molecular weight is 345 g/mol. The van der Waals surface area contributed by atoms with Gasteiger partial charge in [0.15, 0.2) is 0 Å². The van der Waals surface area contributed by atoms with Gasteiger partial charge in [-0.3, -0.25) is 10.1 Å². The van der Waals surface area contributed by atoms with E-state index in [0.29, 0.717) is 11.1 Å². The fourth-order valence-corrected chi connectivity index (χ4v) is 2.88. The van der Waals surface area contributed by atoms with Gasteiger partial charge in [0.1, 0.15) is 5.75 Å². The van der Waals surface area contributed by atoms with Gasteiger partial charge in [-0.1, -0.05) is 48.5 Å². The van der Waals surface area contributed by atoms with Crippen molar-refractivity contribution in [2.45, 2.75) is 6.92 Å². The van der Waals surface area contributed by atoms with Crippen LogP contribution < -0.4 is 4.74 Å². The second kappa shape index (κ2) is 7.66. The van der Waals surface area contributed by atoms with Crippen molar-refractivity contribution < 1.29 is 9.66 Å². The smallest absolute Gasteiger partial charge is 0.279 e. The number of rotatable bonds is 5. The van der Waals surface area contributed by atoms with Gasteiger partial charge >= 0.3 is 0 Å². The van der Waals surface area contributed by atoms with Crippen molar-refractivity contribution >= 4 is 17.8 Å². The van der Waals surface area contributed by atoms with E-state index in [1.165, 1.54) is 0 Å². The van der Waals surface area contributed by atoms with Gasteiger partial charge in [-0.2, -0.15) is 0 Å². The third-order valence-electron chi connectivity index (χ3n) is 4.19. The van der Waals surface area contributed by atoms with Crippen molar-refractivity contribution in [1.82, 2.24) is 0 Å². The molecule has 0 radical (unpaired) electrons. The molecule has 0 fully saturated rings. The predicted molar refractivity (Wildman–Crippen MR) is 105 cm³/mol. The quantitative estimate of drug-likeness (QED) is 0.336. The largest absolute Gasteiger partial charge is 0.497 e. The Kier molecular flexibility index (Phi) is 5.13.